The lowest BCUT2D eigenvalue weighted by Crippen LogP contribution is -2.44. The first-order valence-corrected chi connectivity index (χ1v) is 14.5. The van der Waals surface area contributed by atoms with Gasteiger partial charge in [0.2, 0.25) is 17.6 Å². The molecule has 1 fully saturated rings. The van der Waals surface area contributed by atoms with E-state index in [1.165, 1.54) is 6.20 Å². The summed E-state index contributed by atoms with van der Waals surface area (Å²) in [6, 6.07) is 14.4. The predicted molar refractivity (Wildman–Crippen MR) is 154 cm³/mol. The van der Waals surface area contributed by atoms with Crippen LogP contribution in [0.4, 0.5) is 24.8 Å². The molecule has 5 rings (SSSR count). The third-order valence-electron chi connectivity index (χ3n) is 6.57. The van der Waals surface area contributed by atoms with E-state index in [1.54, 1.807) is 61.8 Å². The quantitative estimate of drug-likeness (QED) is 0.161. The first kappa shape index (κ1) is 29.6. The number of ether oxygens (including phenoxy) is 2. The number of aromatic nitrogens is 3. The van der Waals surface area contributed by atoms with Crippen LogP contribution in [0.2, 0.25) is 0 Å². The first-order valence-electron chi connectivity index (χ1n) is 13.2. The topological polar surface area (TPSA) is 116 Å². The molecule has 0 radical (unpaired) electrons. The number of rotatable bonds is 11. The van der Waals surface area contributed by atoms with E-state index in [2.05, 4.69) is 30.3 Å². The van der Waals surface area contributed by atoms with Crippen molar-refractivity contribution in [3.8, 4) is 22.9 Å². The van der Waals surface area contributed by atoms with Gasteiger partial charge in [0.25, 0.3) is 0 Å². The summed E-state index contributed by atoms with van der Waals surface area (Å²) in [7, 11) is 1.67. The fraction of sp³-hybridized carbons (Fsp3) is 0.276. The van der Waals surface area contributed by atoms with Crippen LogP contribution in [0.1, 0.15) is 12.0 Å². The number of halogens is 3. The highest BCUT2D eigenvalue weighted by atomic mass is 32.2. The summed E-state index contributed by atoms with van der Waals surface area (Å²) < 4.78 is 70.5. The fourth-order valence-corrected chi connectivity index (χ4v) is 5.63. The van der Waals surface area contributed by atoms with Crippen LogP contribution in [0.15, 0.2) is 67.0 Å². The molecule has 0 spiro atoms. The molecule has 220 valence electrons. The van der Waals surface area contributed by atoms with Crippen molar-refractivity contribution in [1.29, 1.82) is 0 Å². The SMILES string of the molecule is COCC1CNCC(Nc2nccc(-c3cccnc3Oc3cc(F)c(N[S+]([O-])Cc4ccccc4)c(F)c3F)n2)C1. The summed E-state index contributed by atoms with van der Waals surface area (Å²) in [5.74, 6) is -4.36. The number of benzene rings is 2. The Morgan fingerprint density at radius 3 is 2.67 bits per heavy atom. The molecule has 13 heteroatoms. The van der Waals surface area contributed by atoms with Crippen molar-refractivity contribution in [1.82, 2.24) is 20.3 Å². The van der Waals surface area contributed by atoms with E-state index in [1.807, 2.05) is 0 Å². The molecule has 1 saturated heterocycles. The Bertz CT molecular complexity index is 1500. The standard InChI is InChI=1S/C29H29F3N6O3S/c1-40-16-19-12-20(15-33-14-19)36-29-35-11-9-23(37-29)21-8-5-10-34-28(21)41-24-13-22(30)27(26(32)25(24)31)38-42(39)17-18-6-3-2-4-7-18/h2-11,13,19-20,33,38H,12,14-17H2,1H3,(H,35,36,37). The summed E-state index contributed by atoms with van der Waals surface area (Å²) >= 11 is -1.91. The third kappa shape index (κ3) is 7.29. The number of piperidine rings is 1. The average Bonchev–Trinajstić information content (AvgIpc) is 2.99. The Balaban J connectivity index is 1.33. The van der Waals surface area contributed by atoms with Gasteiger partial charge in [-0.1, -0.05) is 30.3 Å². The molecule has 2 aromatic carbocycles. The molecule has 3 atom stereocenters. The van der Waals surface area contributed by atoms with Crippen molar-refractivity contribution >= 4 is 23.0 Å². The van der Waals surface area contributed by atoms with Gasteiger partial charge in [-0.15, -0.1) is 0 Å². The number of nitrogens with one attached hydrogen (secondary N) is 3. The van der Waals surface area contributed by atoms with Gasteiger partial charge in [-0.2, -0.15) is 4.39 Å². The molecular formula is C29H29F3N6O3S. The van der Waals surface area contributed by atoms with Gasteiger partial charge in [-0.3, -0.25) is 0 Å². The lowest BCUT2D eigenvalue weighted by Gasteiger charge is -2.30. The van der Waals surface area contributed by atoms with Crippen LogP contribution in [-0.2, 0) is 21.9 Å². The number of anilines is 2. The maximum absolute atomic E-state index is 15.1. The van der Waals surface area contributed by atoms with E-state index in [9.17, 15) is 13.3 Å². The van der Waals surface area contributed by atoms with E-state index in [0.717, 1.165) is 19.5 Å². The van der Waals surface area contributed by atoms with Crippen molar-refractivity contribution in [2.24, 2.45) is 5.92 Å². The minimum absolute atomic E-state index is 0.0301. The third-order valence-corrected chi connectivity index (χ3v) is 7.60. The van der Waals surface area contributed by atoms with Crippen molar-refractivity contribution in [3.63, 3.8) is 0 Å². The van der Waals surface area contributed by atoms with E-state index >= 15 is 4.39 Å². The lowest BCUT2D eigenvalue weighted by atomic mass is 9.96. The van der Waals surface area contributed by atoms with E-state index < -0.39 is 40.3 Å². The highest BCUT2D eigenvalue weighted by Gasteiger charge is 2.26. The Hall–Kier alpha value is -3.91. The zero-order valence-electron chi connectivity index (χ0n) is 22.6. The van der Waals surface area contributed by atoms with Crippen molar-refractivity contribution in [3.05, 3.63) is 90.0 Å². The Morgan fingerprint density at radius 2 is 1.86 bits per heavy atom. The number of methoxy groups -OCH3 is 1. The van der Waals surface area contributed by atoms with Gasteiger partial charge < -0.3 is 24.7 Å². The van der Waals surface area contributed by atoms with Gasteiger partial charge in [-0.05, 0) is 30.5 Å². The van der Waals surface area contributed by atoms with Gasteiger partial charge in [0, 0.05) is 50.3 Å². The molecule has 1 aliphatic heterocycles. The lowest BCUT2D eigenvalue weighted by molar-refractivity contribution is 0.134. The number of nitrogens with zero attached hydrogens (tertiary/aromatic N) is 3. The van der Waals surface area contributed by atoms with Crippen molar-refractivity contribution in [2.75, 3.05) is 36.8 Å². The molecule has 0 saturated carbocycles. The number of hydrogen-bond acceptors (Lipinski definition) is 9. The molecule has 0 amide bonds. The van der Waals surface area contributed by atoms with E-state index in [-0.39, 0.29) is 17.7 Å². The van der Waals surface area contributed by atoms with Crippen molar-refractivity contribution in [2.45, 2.75) is 18.2 Å². The fourth-order valence-electron chi connectivity index (χ4n) is 4.65. The summed E-state index contributed by atoms with van der Waals surface area (Å²) in [5, 5.41) is 6.68. The van der Waals surface area contributed by atoms with Crippen LogP contribution in [-0.4, -0.2) is 52.4 Å². The van der Waals surface area contributed by atoms with Gasteiger partial charge in [0.05, 0.1) is 29.2 Å². The van der Waals surface area contributed by atoms with Crippen LogP contribution < -0.4 is 20.1 Å². The molecule has 0 aliphatic carbocycles. The number of hydrogen-bond donors (Lipinski definition) is 3. The molecule has 0 bridgehead atoms. The molecule has 3 unspecified atom stereocenters. The van der Waals surface area contributed by atoms with Crippen LogP contribution in [0.5, 0.6) is 11.6 Å². The Kier molecular flexibility index (Phi) is 9.74. The highest BCUT2D eigenvalue weighted by molar-refractivity contribution is 7.91. The van der Waals surface area contributed by atoms with Crippen LogP contribution in [0, 0.1) is 23.4 Å². The molecule has 3 N–H and O–H groups in total. The van der Waals surface area contributed by atoms with E-state index in [4.69, 9.17) is 9.47 Å². The maximum Gasteiger partial charge on any atom is 0.228 e. The molecule has 1 aliphatic rings. The summed E-state index contributed by atoms with van der Waals surface area (Å²) in [4.78, 5) is 13.0. The predicted octanol–water partition coefficient (Wildman–Crippen LogP) is 5.06. The normalized spacial score (nSPS) is 17.5. The van der Waals surface area contributed by atoms with Crippen LogP contribution >= 0.6 is 0 Å². The smallest absolute Gasteiger partial charge is 0.228 e. The zero-order chi connectivity index (χ0) is 29.5. The van der Waals surface area contributed by atoms with Gasteiger partial charge in [0.1, 0.15) is 0 Å². The average molecular weight is 599 g/mol. The largest absolute Gasteiger partial charge is 0.593 e. The molecule has 4 aromatic rings. The molecule has 42 heavy (non-hydrogen) atoms. The summed E-state index contributed by atoms with van der Waals surface area (Å²) in [5.41, 5.74) is 0.588. The van der Waals surface area contributed by atoms with Crippen molar-refractivity contribution < 1.29 is 27.2 Å². The molecular weight excluding hydrogens is 569 g/mol. The minimum Gasteiger partial charge on any atom is -0.593 e. The second-order valence-corrected chi connectivity index (χ2v) is 10.9. The Labute approximate surface area is 244 Å². The number of pyridine rings is 1. The van der Waals surface area contributed by atoms with Gasteiger partial charge >= 0.3 is 0 Å². The minimum atomic E-state index is -1.91. The second-order valence-electron chi connectivity index (χ2n) is 9.72. The maximum atomic E-state index is 15.1. The summed E-state index contributed by atoms with van der Waals surface area (Å²) in [6.45, 7) is 2.24. The second kappa shape index (κ2) is 13.8. The monoisotopic (exact) mass is 598 g/mol. The molecule has 9 nitrogen and oxygen atoms in total. The first-order chi connectivity index (χ1) is 20.4. The zero-order valence-corrected chi connectivity index (χ0v) is 23.5. The van der Waals surface area contributed by atoms with Crippen LogP contribution in [0.25, 0.3) is 11.3 Å². The molecule has 2 aromatic heterocycles. The molecule has 3 heterocycles. The van der Waals surface area contributed by atoms with Crippen LogP contribution in [0.3, 0.4) is 0 Å². The summed E-state index contributed by atoms with van der Waals surface area (Å²) in [6.07, 6.45) is 3.83. The van der Waals surface area contributed by atoms with Gasteiger partial charge in [-0.25, -0.2) is 28.5 Å². The van der Waals surface area contributed by atoms with E-state index in [0.29, 0.717) is 41.4 Å². The van der Waals surface area contributed by atoms with Gasteiger partial charge in [0.15, 0.2) is 28.8 Å². The highest BCUT2D eigenvalue weighted by Crippen LogP contribution is 2.36. The Morgan fingerprint density at radius 1 is 1.02 bits per heavy atom.